The lowest BCUT2D eigenvalue weighted by Gasteiger charge is -2.17. The molecule has 0 unspecified atom stereocenters. The van der Waals surface area contributed by atoms with E-state index in [0.29, 0.717) is 0 Å². The third kappa shape index (κ3) is 2.72. The van der Waals surface area contributed by atoms with Crippen LogP contribution < -0.4 is 0 Å². The van der Waals surface area contributed by atoms with E-state index in [-0.39, 0.29) is 0 Å². The maximum absolute atomic E-state index is 4.90. The molecule has 0 radical (unpaired) electrons. The van der Waals surface area contributed by atoms with Crippen LogP contribution in [0.3, 0.4) is 0 Å². The second-order valence-electron chi connectivity index (χ2n) is 7.13. The molecule has 2 aliphatic rings. The highest BCUT2D eigenvalue weighted by molar-refractivity contribution is 6.03. The van der Waals surface area contributed by atoms with Gasteiger partial charge in [-0.15, -0.1) is 0 Å². The molecule has 24 heavy (non-hydrogen) atoms. The molecule has 1 aromatic heterocycles. The first-order chi connectivity index (χ1) is 11.5. The number of nitrogens with zero attached hydrogens (tertiary/aromatic N) is 1. The standard InChI is InChI=1S/C22H30N2/c1-7-19-13(3)21(23-15(19)5)17-10-9-11-18(12-17)22-14(4)20(8-2)16(6)24-22/h12,23H,7-11H2,1-6H3. The number of aromatic amines is 1. The Morgan fingerprint density at radius 3 is 2.38 bits per heavy atom. The number of hydrogen-bond donors (Lipinski definition) is 1. The van der Waals surface area contributed by atoms with E-state index in [2.05, 4.69) is 52.6 Å². The lowest BCUT2D eigenvalue weighted by Crippen LogP contribution is -1.99. The number of aliphatic imine (C=N–C) groups is 1. The summed E-state index contributed by atoms with van der Waals surface area (Å²) < 4.78 is 0. The highest BCUT2D eigenvalue weighted by Crippen LogP contribution is 2.38. The second-order valence-corrected chi connectivity index (χ2v) is 7.13. The van der Waals surface area contributed by atoms with Gasteiger partial charge in [0, 0.05) is 17.1 Å². The molecule has 2 heterocycles. The number of aryl methyl sites for hydroxylation is 1. The van der Waals surface area contributed by atoms with Gasteiger partial charge < -0.3 is 4.98 Å². The van der Waals surface area contributed by atoms with Crippen LogP contribution in [0.25, 0.3) is 5.57 Å². The zero-order chi connectivity index (χ0) is 17.4. The van der Waals surface area contributed by atoms with Crippen LogP contribution in [0.15, 0.2) is 33.5 Å². The summed E-state index contributed by atoms with van der Waals surface area (Å²) in [6.45, 7) is 13.3. The van der Waals surface area contributed by atoms with Crippen molar-refractivity contribution in [3.8, 4) is 0 Å². The fourth-order valence-corrected chi connectivity index (χ4v) is 4.42. The molecule has 2 nitrogen and oxygen atoms in total. The molecule has 1 aliphatic carbocycles. The quantitative estimate of drug-likeness (QED) is 0.684. The number of nitrogens with one attached hydrogen (secondary N) is 1. The molecule has 2 heteroatoms. The molecule has 0 atom stereocenters. The van der Waals surface area contributed by atoms with Crippen LogP contribution in [-0.2, 0) is 6.42 Å². The molecule has 0 amide bonds. The predicted octanol–water partition coefficient (Wildman–Crippen LogP) is 6.22. The number of H-pyrrole nitrogens is 1. The number of hydrogen-bond acceptors (Lipinski definition) is 1. The summed E-state index contributed by atoms with van der Waals surface area (Å²) in [5.41, 5.74) is 13.7. The van der Waals surface area contributed by atoms with Crippen molar-refractivity contribution < 1.29 is 0 Å². The van der Waals surface area contributed by atoms with Gasteiger partial charge >= 0.3 is 0 Å². The van der Waals surface area contributed by atoms with Gasteiger partial charge in [0.25, 0.3) is 0 Å². The van der Waals surface area contributed by atoms with E-state index in [1.807, 2.05) is 0 Å². The average molecular weight is 322 g/mol. The largest absolute Gasteiger partial charge is 0.358 e. The normalized spacial score (nSPS) is 21.4. The second kappa shape index (κ2) is 6.58. The lowest BCUT2D eigenvalue weighted by molar-refractivity contribution is 0.822. The summed E-state index contributed by atoms with van der Waals surface area (Å²) in [6, 6.07) is 0. The molecular formula is C22H30N2. The minimum Gasteiger partial charge on any atom is -0.358 e. The Balaban J connectivity index is 2.08. The Labute approximate surface area is 146 Å². The van der Waals surface area contributed by atoms with Crippen molar-refractivity contribution in [2.45, 2.75) is 73.6 Å². The molecule has 1 N–H and O–H groups in total. The summed E-state index contributed by atoms with van der Waals surface area (Å²) in [4.78, 5) is 8.55. The SMILES string of the molecule is CCC1=C(C)C(=C2C=C(c3[nH]c(C)c(CC)c3C)CCC2)N=C1C. The van der Waals surface area contributed by atoms with E-state index in [0.717, 1.165) is 25.7 Å². The maximum atomic E-state index is 4.90. The first-order valence-electron chi connectivity index (χ1n) is 9.35. The average Bonchev–Trinajstić information content (AvgIpc) is 3.03. The Morgan fingerprint density at radius 1 is 1.04 bits per heavy atom. The molecule has 0 fully saturated rings. The molecule has 0 spiro atoms. The van der Waals surface area contributed by atoms with Crippen molar-refractivity contribution in [3.05, 3.63) is 51.0 Å². The van der Waals surface area contributed by atoms with Gasteiger partial charge in [0.1, 0.15) is 0 Å². The van der Waals surface area contributed by atoms with Gasteiger partial charge in [-0.2, -0.15) is 0 Å². The van der Waals surface area contributed by atoms with Crippen LogP contribution in [0.4, 0.5) is 0 Å². The van der Waals surface area contributed by atoms with E-state index in [1.54, 1.807) is 0 Å². The molecule has 0 aromatic carbocycles. The van der Waals surface area contributed by atoms with Crippen LogP contribution in [0.5, 0.6) is 0 Å². The van der Waals surface area contributed by atoms with Gasteiger partial charge in [-0.05, 0) is 93.2 Å². The van der Waals surface area contributed by atoms with Crippen LogP contribution in [0.2, 0.25) is 0 Å². The highest BCUT2D eigenvalue weighted by Gasteiger charge is 2.22. The molecular weight excluding hydrogens is 292 g/mol. The summed E-state index contributed by atoms with van der Waals surface area (Å²) in [5, 5.41) is 0. The lowest BCUT2D eigenvalue weighted by atomic mass is 9.89. The zero-order valence-electron chi connectivity index (χ0n) is 16.1. The monoisotopic (exact) mass is 322 g/mol. The smallest absolute Gasteiger partial charge is 0.0697 e. The van der Waals surface area contributed by atoms with E-state index < -0.39 is 0 Å². The summed E-state index contributed by atoms with van der Waals surface area (Å²) in [5.74, 6) is 0. The van der Waals surface area contributed by atoms with E-state index >= 15 is 0 Å². The summed E-state index contributed by atoms with van der Waals surface area (Å²) in [6.07, 6.45) is 8.10. The Kier molecular flexibility index (Phi) is 4.67. The Bertz CT molecular complexity index is 794. The van der Waals surface area contributed by atoms with Gasteiger partial charge in [-0.25, -0.2) is 0 Å². The fourth-order valence-electron chi connectivity index (χ4n) is 4.42. The van der Waals surface area contributed by atoms with Crippen molar-refractivity contribution in [2.75, 3.05) is 0 Å². The Morgan fingerprint density at radius 2 is 1.79 bits per heavy atom. The number of aromatic nitrogens is 1. The number of rotatable bonds is 3. The first kappa shape index (κ1) is 17.0. The van der Waals surface area contributed by atoms with Gasteiger partial charge in [0.05, 0.1) is 5.70 Å². The Hall–Kier alpha value is -1.83. The third-order valence-electron chi connectivity index (χ3n) is 5.69. The molecule has 1 aliphatic heterocycles. The van der Waals surface area contributed by atoms with Crippen molar-refractivity contribution >= 4 is 11.3 Å². The molecule has 0 saturated heterocycles. The van der Waals surface area contributed by atoms with Crippen LogP contribution >= 0.6 is 0 Å². The highest BCUT2D eigenvalue weighted by atomic mass is 14.8. The predicted molar refractivity (Wildman–Crippen MR) is 105 cm³/mol. The summed E-state index contributed by atoms with van der Waals surface area (Å²) >= 11 is 0. The van der Waals surface area contributed by atoms with E-state index in [1.165, 1.54) is 62.6 Å². The number of allylic oxidation sites excluding steroid dienone is 5. The molecule has 0 bridgehead atoms. The topological polar surface area (TPSA) is 28.1 Å². The molecule has 0 saturated carbocycles. The van der Waals surface area contributed by atoms with Crippen LogP contribution in [0, 0.1) is 13.8 Å². The van der Waals surface area contributed by atoms with Gasteiger partial charge in [-0.3, -0.25) is 4.99 Å². The third-order valence-corrected chi connectivity index (χ3v) is 5.69. The van der Waals surface area contributed by atoms with Gasteiger partial charge in [0.15, 0.2) is 0 Å². The van der Waals surface area contributed by atoms with E-state index in [4.69, 9.17) is 4.99 Å². The molecule has 3 rings (SSSR count). The zero-order valence-corrected chi connectivity index (χ0v) is 16.1. The maximum Gasteiger partial charge on any atom is 0.0697 e. The van der Waals surface area contributed by atoms with Crippen LogP contribution in [0.1, 0.15) is 75.9 Å². The molecule has 1 aromatic rings. The first-order valence-corrected chi connectivity index (χ1v) is 9.35. The van der Waals surface area contributed by atoms with Gasteiger partial charge in [-0.1, -0.05) is 19.9 Å². The van der Waals surface area contributed by atoms with Crippen molar-refractivity contribution in [1.82, 2.24) is 4.98 Å². The van der Waals surface area contributed by atoms with Crippen molar-refractivity contribution in [1.29, 1.82) is 0 Å². The van der Waals surface area contributed by atoms with E-state index in [9.17, 15) is 0 Å². The van der Waals surface area contributed by atoms with Crippen molar-refractivity contribution in [2.24, 2.45) is 4.99 Å². The minimum atomic E-state index is 1.07. The summed E-state index contributed by atoms with van der Waals surface area (Å²) in [7, 11) is 0. The molecule has 128 valence electrons. The minimum absolute atomic E-state index is 1.07. The fraction of sp³-hybridized carbons (Fsp3) is 0.500. The van der Waals surface area contributed by atoms with Gasteiger partial charge in [0.2, 0.25) is 0 Å². The van der Waals surface area contributed by atoms with Crippen LogP contribution in [-0.4, -0.2) is 10.7 Å². The van der Waals surface area contributed by atoms with Crippen molar-refractivity contribution in [3.63, 3.8) is 0 Å².